The third-order valence-corrected chi connectivity index (χ3v) is 5.16. The molecule has 30 heavy (non-hydrogen) atoms. The highest BCUT2D eigenvalue weighted by atomic mass is 16.5. The Morgan fingerprint density at radius 1 is 1.27 bits per heavy atom. The van der Waals surface area contributed by atoms with Gasteiger partial charge in [-0.25, -0.2) is 19.6 Å². The summed E-state index contributed by atoms with van der Waals surface area (Å²) in [5, 5.41) is 18.0. The van der Waals surface area contributed by atoms with Crippen molar-refractivity contribution in [1.82, 2.24) is 35.0 Å². The second kappa shape index (κ2) is 9.06. The summed E-state index contributed by atoms with van der Waals surface area (Å²) in [6, 6.07) is 3.34. The Bertz CT molecular complexity index is 981. The van der Waals surface area contributed by atoms with E-state index in [1.807, 2.05) is 12.1 Å². The third-order valence-electron chi connectivity index (χ3n) is 5.16. The number of ether oxygens (including phenoxy) is 1. The fraction of sp³-hybridized carbons (Fsp3) is 0.400. The molecule has 0 unspecified atom stereocenters. The molecule has 0 saturated heterocycles. The molecule has 3 atom stereocenters. The number of methoxy groups -OCH3 is 1. The van der Waals surface area contributed by atoms with Gasteiger partial charge in [-0.05, 0) is 31.4 Å². The van der Waals surface area contributed by atoms with E-state index >= 15 is 0 Å². The summed E-state index contributed by atoms with van der Waals surface area (Å²) in [5.41, 5.74) is 1.16. The number of carbonyl (C=O) groups excluding carboxylic acids is 1. The molecule has 0 aromatic carbocycles. The molecule has 0 bridgehead atoms. The molecule has 4 rings (SSSR count). The van der Waals surface area contributed by atoms with Gasteiger partial charge in [-0.15, -0.1) is 5.10 Å². The van der Waals surface area contributed by atoms with E-state index in [0.29, 0.717) is 30.8 Å². The molecule has 1 amide bonds. The number of hydrogen-bond donors (Lipinski definition) is 2. The minimum absolute atomic E-state index is 0.00374. The van der Waals surface area contributed by atoms with Crippen LogP contribution in [-0.2, 0) is 11.3 Å². The van der Waals surface area contributed by atoms with E-state index in [4.69, 9.17) is 4.74 Å². The summed E-state index contributed by atoms with van der Waals surface area (Å²) in [6.07, 6.45) is 8.86. The lowest BCUT2D eigenvalue weighted by atomic mass is 9.83. The van der Waals surface area contributed by atoms with Crippen LogP contribution in [0.1, 0.15) is 47.2 Å². The van der Waals surface area contributed by atoms with Crippen molar-refractivity contribution in [2.75, 3.05) is 7.11 Å². The third kappa shape index (κ3) is 4.34. The zero-order valence-electron chi connectivity index (χ0n) is 16.5. The molecule has 3 aromatic rings. The molecule has 156 valence electrons. The lowest BCUT2D eigenvalue weighted by molar-refractivity contribution is 0.0670. The summed E-state index contributed by atoms with van der Waals surface area (Å²) in [4.78, 5) is 29.1. The number of pyridine rings is 1. The van der Waals surface area contributed by atoms with Crippen molar-refractivity contribution in [2.24, 2.45) is 0 Å². The van der Waals surface area contributed by atoms with Crippen LogP contribution in [0.25, 0.3) is 5.69 Å². The van der Waals surface area contributed by atoms with Crippen LogP contribution in [0.15, 0.2) is 43.2 Å². The molecule has 10 heteroatoms. The van der Waals surface area contributed by atoms with Crippen LogP contribution < -0.4 is 5.32 Å². The van der Waals surface area contributed by atoms with E-state index in [9.17, 15) is 9.90 Å². The molecule has 0 aliphatic heterocycles. The monoisotopic (exact) mass is 409 g/mol. The molecular formula is C20H23N7O3. The average molecular weight is 409 g/mol. The molecule has 0 radical (unpaired) electrons. The molecule has 1 fully saturated rings. The van der Waals surface area contributed by atoms with E-state index in [1.54, 1.807) is 24.2 Å². The topological polar surface area (TPSA) is 128 Å². The first kappa shape index (κ1) is 20.0. The predicted octanol–water partition coefficient (Wildman–Crippen LogP) is 1.03. The van der Waals surface area contributed by atoms with Crippen LogP contribution in [0.2, 0.25) is 0 Å². The number of amides is 1. The average Bonchev–Trinajstić information content (AvgIpc) is 3.20. The fourth-order valence-electron chi connectivity index (χ4n) is 3.70. The summed E-state index contributed by atoms with van der Waals surface area (Å²) >= 11 is 0. The van der Waals surface area contributed by atoms with Crippen molar-refractivity contribution >= 4 is 5.91 Å². The van der Waals surface area contributed by atoms with Crippen molar-refractivity contribution in [3.8, 4) is 5.69 Å². The lowest BCUT2D eigenvalue weighted by Crippen LogP contribution is -2.47. The number of aromatic nitrogens is 6. The zero-order chi connectivity index (χ0) is 20.9. The highest BCUT2D eigenvalue weighted by Gasteiger charge is 2.34. The molecule has 3 aromatic heterocycles. The lowest BCUT2D eigenvalue weighted by Gasteiger charge is -2.33. The Hall–Kier alpha value is -3.24. The molecule has 1 aliphatic carbocycles. The normalized spacial score (nSPS) is 21.3. The van der Waals surface area contributed by atoms with Crippen LogP contribution in [-0.4, -0.2) is 60.0 Å². The quantitative estimate of drug-likeness (QED) is 0.618. The van der Waals surface area contributed by atoms with Gasteiger partial charge < -0.3 is 15.2 Å². The van der Waals surface area contributed by atoms with Crippen molar-refractivity contribution in [3.63, 3.8) is 0 Å². The van der Waals surface area contributed by atoms with Crippen LogP contribution in [0.5, 0.6) is 0 Å². The summed E-state index contributed by atoms with van der Waals surface area (Å²) in [5.74, 6) is 1.03. The smallest absolute Gasteiger partial charge is 0.254 e. The Balaban J connectivity index is 1.57. The zero-order valence-corrected chi connectivity index (χ0v) is 16.5. The summed E-state index contributed by atoms with van der Waals surface area (Å²) in [6.45, 7) is 0.295. The van der Waals surface area contributed by atoms with Crippen LogP contribution in [0, 0.1) is 0 Å². The second-order valence-corrected chi connectivity index (χ2v) is 7.23. The van der Waals surface area contributed by atoms with Gasteiger partial charge >= 0.3 is 0 Å². The standard InChI is InChI=1S/C20H23N7O3/c1-30-11-18-25-19(27(26-18)15-3-2-6-21-10-15)13-4-5-17(28)16(7-13)24-20(29)14-8-22-12-23-9-14/h2-3,6,8-10,12-13,16-17,28H,4-5,7,11H2,1H3,(H,24,29)/t13-,16+,17+/m0/s1. The number of aliphatic hydroxyl groups excluding tert-OH is 1. The van der Waals surface area contributed by atoms with Gasteiger partial charge in [-0.1, -0.05) is 0 Å². The summed E-state index contributed by atoms with van der Waals surface area (Å²) in [7, 11) is 1.60. The van der Waals surface area contributed by atoms with Crippen molar-refractivity contribution < 1.29 is 14.6 Å². The number of nitrogens with one attached hydrogen (secondary N) is 1. The number of carbonyl (C=O) groups is 1. The molecule has 0 spiro atoms. The Labute approximate surface area is 173 Å². The molecule has 10 nitrogen and oxygen atoms in total. The number of aliphatic hydroxyl groups is 1. The summed E-state index contributed by atoms with van der Waals surface area (Å²) < 4.78 is 6.97. The van der Waals surface area contributed by atoms with Crippen LogP contribution in [0.4, 0.5) is 0 Å². The first-order valence-corrected chi connectivity index (χ1v) is 9.75. The molecule has 1 aliphatic rings. The number of hydrogen-bond acceptors (Lipinski definition) is 8. The molecule has 1 saturated carbocycles. The van der Waals surface area contributed by atoms with E-state index in [0.717, 1.165) is 17.9 Å². The second-order valence-electron chi connectivity index (χ2n) is 7.23. The maximum Gasteiger partial charge on any atom is 0.254 e. The Morgan fingerprint density at radius 2 is 2.10 bits per heavy atom. The highest BCUT2D eigenvalue weighted by Crippen LogP contribution is 2.33. The van der Waals surface area contributed by atoms with Gasteiger partial charge in [0.05, 0.1) is 29.6 Å². The van der Waals surface area contributed by atoms with E-state index < -0.39 is 12.1 Å². The van der Waals surface area contributed by atoms with E-state index in [2.05, 4.69) is 30.4 Å². The van der Waals surface area contributed by atoms with Crippen LogP contribution >= 0.6 is 0 Å². The van der Waals surface area contributed by atoms with E-state index in [1.165, 1.54) is 18.7 Å². The van der Waals surface area contributed by atoms with Gasteiger partial charge in [0, 0.05) is 31.6 Å². The minimum Gasteiger partial charge on any atom is -0.391 e. The maximum absolute atomic E-state index is 12.5. The van der Waals surface area contributed by atoms with Gasteiger partial charge in [0.2, 0.25) is 0 Å². The van der Waals surface area contributed by atoms with Crippen molar-refractivity contribution in [1.29, 1.82) is 0 Å². The first-order valence-electron chi connectivity index (χ1n) is 9.75. The van der Waals surface area contributed by atoms with Crippen molar-refractivity contribution in [2.45, 2.75) is 43.9 Å². The van der Waals surface area contributed by atoms with Crippen molar-refractivity contribution in [3.05, 3.63) is 60.5 Å². The minimum atomic E-state index is -0.636. The number of rotatable bonds is 6. The van der Waals surface area contributed by atoms with Gasteiger partial charge in [0.15, 0.2) is 5.82 Å². The first-order chi connectivity index (χ1) is 14.7. The Morgan fingerprint density at radius 3 is 2.83 bits per heavy atom. The van der Waals surface area contributed by atoms with Gasteiger partial charge in [0.25, 0.3) is 5.91 Å². The van der Waals surface area contributed by atoms with Gasteiger partial charge in [0.1, 0.15) is 18.8 Å². The van der Waals surface area contributed by atoms with Gasteiger partial charge in [-0.2, -0.15) is 0 Å². The largest absolute Gasteiger partial charge is 0.391 e. The Kier molecular flexibility index (Phi) is 6.05. The fourth-order valence-corrected chi connectivity index (χ4v) is 3.70. The highest BCUT2D eigenvalue weighted by molar-refractivity contribution is 5.93. The molecule has 2 N–H and O–H groups in total. The SMILES string of the molecule is COCc1nc([C@H]2CC[C@@H](O)[C@H](NC(=O)c3cncnc3)C2)n(-c2cccnc2)n1. The predicted molar refractivity (Wildman–Crippen MR) is 106 cm³/mol. The number of nitrogens with zero attached hydrogens (tertiary/aromatic N) is 6. The molecular weight excluding hydrogens is 386 g/mol. The van der Waals surface area contributed by atoms with E-state index in [-0.39, 0.29) is 11.8 Å². The molecule has 3 heterocycles. The van der Waals surface area contributed by atoms with Crippen LogP contribution in [0.3, 0.4) is 0 Å². The van der Waals surface area contributed by atoms with Gasteiger partial charge in [-0.3, -0.25) is 9.78 Å². The maximum atomic E-state index is 12.5.